The minimum atomic E-state index is 0.802. The van der Waals surface area contributed by atoms with E-state index in [1.54, 1.807) is 7.11 Å². The number of H-pyrrole nitrogens is 1. The van der Waals surface area contributed by atoms with Crippen molar-refractivity contribution in [1.29, 1.82) is 0 Å². The number of ether oxygens (including phenoxy) is 1. The molecule has 1 N–H and O–H groups in total. The Kier molecular flexibility index (Phi) is 2.89. The molecule has 22 heavy (non-hydrogen) atoms. The summed E-state index contributed by atoms with van der Waals surface area (Å²) in [4.78, 5) is 2.32. The van der Waals surface area contributed by atoms with Gasteiger partial charge in [0, 0.05) is 22.9 Å². The molecule has 4 rings (SSSR count). The molecule has 0 unspecified atom stereocenters. The fourth-order valence-electron chi connectivity index (χ4n) is 3.07. The van der Waals surface area contributed by atoms with Crippen LogP contribution in [0.2, 0.25) is 0 Å². The molecule has 0 radical (unpaired) electrons. The SMILES string of the molecule is COc1ccc2c(c1)N(c1ccccc1C)Cc1cn[nH]c1-2. The van der Waals surface area contributed by atoms with Gasteiger partial charge in [-0.25, -0.2) is 0 Å². The summed E-state index contributed by atoms with van der Waals surface area (Å²) in [6, 6.07) is 14.6. The smallest absolute Gasteiger partial charge is 0.120 e. The predicted octanol–water partition coefficient (Wildman–Crippen LogP) is 4.05. The Morgan fingerprint density at radius 2 is 2.00 bits per heavy atom. The lowest BCUT2D eigenvalue weighted by Gasteiger charge is -2.32. The van der Waals surface area contributed by atoms with Crippen molar-refractivity contribution in [2.75, 3.05) is 12.0 Å². The average molecular weight is 291 g/mol. The molecule has 0 saturated heterocycles. The number of nitrogens with zero attached hydrogens (tertiary/aromatic N) is 2. The van der Waals surface area contributed by atoms with Crippen LogP contribution in [0.15, 0.2) is 48.7 Å². The number of aromatic nitrogens is 2. The number of para-hydroxylation sites is 1. The molecule has 2 heterocycles. The summed E-state index contributed by atoms with van der Waals surface area (Å²) in [5, 5.41) is 7.33. The van der Waals surface area contributed by atoms with Crippen LogP contribution in [-0.2, 0) is 6.54 Å². The van der Waals surface area contributed by atoms with Crippen molar-refractivity contribution in [1.82, 2.24) is 10.2 Å². The first-order valence-corrected chi connectivity index (χ1v) is 7.32. The van der Waals surface area contributed by atoms with Crippen molar-refractivity contribution < 1.29 is 4.74 Å². The summed E-state index contributed by atoms with van der Waals surface area (Å²) < 4.78 is 5.41. The molecule has 4 heteroatoms. The molecule has 1 aromatic heterocycles. The standard InChI is InChI=1S/C18H17N3O/c1-12-5-3-4-6-16(12)21-11-13-10-19-20-18(13)15-8-7-14(22-2)9-17(15)21/h3-10H,11H2,1-2H3,(H,19,20). The number of hydrogen-bond acceptors (Lipinski definition) is 3. The second-order valence-corrected chi connectivity index (χ2v) is 5.53. The molecule has 0 atom stereocenters. The van der Waals surface area contributed by atoms with Crippen LogP contribution in [0.25, 0.3) is 11.3 Å². The molecule has 0 aliphatic carbocycles. The maximum absolute atomic E-state index is 5.41. The maximum atomic E-state index is 5.41. The molecule has 0 saturated carbocycles. The number of benzene rings is 2. The third-order valence-corrected chi connectivity index (χ3v) is 4.22. The largest absolute Gasteiger partial charge is 0.497 e. The molecule has 110 valence electrons. The second kappa shape index (κ2) is 4.91. The maximum Gasteiger partial charge on any atom is 0.120 e. The van der Waals surface area contributed by atoms with E-state index >= 15 is 0 Å². The van der Waals surface area contributed by atoms with Crippen LogP contribution < -0.4 is 9.64 Å². The van der Waals surface area contributed by atoms with Crippen LogP contribution in [-0.4, -0.2) is 17.3 Å². The summed E-state index contributed by atoms with van der Waals surface area (Å²) in [6.45, 7) is 2.94. The van der Waals surface area contributed by atoms with Gasteiger partial charge in [-0.15, -0.1) is 0 Å². The number of rotatable bonds is 2. The zero-order chi connectivity index (χ0) is 15.1. The fourth-order valence-corrected chi connectivity index (χ4v) is 3.07. The Hall–Kier alpha value is -2.75. The Bertz CT molecular complexity index is 838. The molecule has 0 fully saturated rings. The Labute approximate surface area is 129 Å². The van der Waals surface area contributed by atoms with Crippen LogP contribution in [0.5, 0.6) is 5.75 Å². The molecule has 2 aromatic carbocycles. The van der Waals surface area contributed by atoms with Gasteiger partial charge in [-0.1, -0.05) is 18.2 Å². The van der Waals surface area contributed by atoms with Gasteiger partial charge in [-0.2, -0.15) is 5.10 Å². The Morgan fingerprint density at radius 3 is 2.82 bits per heavy atom. The normalized spacial score (nSPS) is 12.7. The first-order valence-electron chi connectivity index (χ1n) is 7.32. The van der Waals surface area contributed by atoms with Crippen molar-refractivity contribution >= 4 is 11.4 Å². The lowest BCUT2D eigenvalue weighted by molar-refractivity contribution is 0.415. The van der Waals surface area contributed by atoms with Gasteiger partial charge in [0.1, 0.15) is 5.75 Å². The third-order valence-electron chi connectivity index (χ3n) is 4.22. The Morgan fingerprint density at radius 1 is 1.14 bits per heavy atom. The van der Waals surface area contributed by atoms with Crippen molar-refractivity contribution in [3.05, 3.63) is 59.8 Å². The van der Waals surface area contributed by atoms with E-state index < -0.39 is 0 Å². The van der Waals surface area contributed by atoms with E-state index in [2.05, 4.69) is 58.4 Å². The van der Waals surface area contributed by atoms with E-state index in [9.17, 15) is 0 Å². The monoisotopic (exact) mass is 291 g/mol. The zero-order valence-corrected chi connectivity index (χ0v) is 12.6. The number of methoxy groups -OCH3 is 1. The van der Waals surface area contributed by atoms with Crippen molar-refractivity contribution in [3.63, 3.8) is 0 Å². The van der Waals surface area contributed by atoms with Crippen molar-refractivity contribution in [3.8, 4) is 17.0 Å². The van der Waals surface area contributed by atoms with E-state index in [4.69, 9.17) is 4.74 Å². The van der Waals surface area contributed by atoms with Crippen LogP contribution in [0.3, 0.4) is 0 Å². The highest BCUT2D eigenvalue weighted by Crippen LogP contribution is 2.43. The van der Waals surface area contributed by atoms with Crippen molar-refractivity contribution in [2.24, 2.45) is 0 Å². The number of nitrogens with one attached hydrogen (secondary N) is 1. The Balaban J connectivity index is 1.94. The quantitative estimate of drug-likeness (QED) is 0.774. The van der Waals surface area contributed by atoms with E-state index in [1.807, 2.05) is 12.3 Å². The lowest BCUT2D eigenvalue weighted by Crippen LogP contribution is -2.21. The summed E-state index contributed by atoms with van der Waals surface area (Å²) in [7, 11) is 1.70. The van der Waals surface area contributed by atoms with E-state index in [0.29, 0.717) is 0 Å². The number of hydrogen-bond donors (Lipinski definition) is 1. The summed E-state index contributed by atoms with van der Waals surface area (Å²) in [5.41, 5.74) is 7.07. The van der Waals surface area contributed by atoms with Crippen LogP contribution >= 0.6 is 0 Å². The van der Waals surface area contributed by atoms with Gasteiger partial charge in [0.25, 0.3) is 0 Å². The molecule has 0 spiro atoms. The molecule has 4 nitrogen and oxygen atoms in total. The van der Waals surface area contributed by atoms with Gasteiger partial charge in [0.2, 0.25) is 0 Å². The number of aromatic amines is 1. The topological polar surface area (TPSA) is 41.1 Å². The molecule has 0 bridgehead atoms. The highest BCUT2D eigenvalue weighted by atomic mass is 16.5. The number of aryl methyl sites for hydroxylation is 1. The van der Waals surface area contributed by atoms with Crippen LogP contribution in [0.1, 0.15) is 11.1 Å². The molecule has 1 aliphatic heterocycles. The van der Waals surface area contributed by atoms with Crippen molar-refractivity contribution in [2.45, 2.75) is 13.5 Å². The van der Waals surface area contributed by atoms with Gasteiger partial charge in [0.05, 0.1) is 31.2 Å². The molecule has 3 aromatic rings. The molecule has 0 amide bonds. The zero-order valence-electron chi connectivity index (χ0n) is 12.6. The first kappa shape index (κ1) is 13.0. The average Bonchev–Trinajstić information content (AvgIpc) is 3.02. The predicted molar refractivity (Wildman–Crippen MR) is 87.6 cm³/mol. The van der Waals surface area contributed by atoms with E-state index in [1.165, 1.54) is 16.8 Å². The molecular formula is C18H17N3O. The fraction of sp³-hybridized carbons (Fsp3) is 0.167. The van der Waals surface area contributed by atoms with Gasteiger partial charge < -0.3 is 9.64 Å². The second-order valence-electron chi connectivity index (χ2n) is 5.53. The first-order chi connectivity index (χ1) is 10.8. The van der Waals surface area contributed by atoms with Crippen LogP contribution in [0.4, 0.5) is 11.4 Å². The van der Waals surface area contributed by atoms with Gasteiger partial charge in [-0.3, -0.25) is 5.10 Å². The molecule has 1 aliphatic rings. The van der Waals surface area contributed by atoms with Gasteiger partial charge >= 0.3 is 0 Å². The van der Waals surface area contributed by atoms with E-state index in [-0.39, 0.29) is 0 Å². The highest BCUT2D eigenvalue weighted by Gasteiger charge is 2.25. The molecular weight excluding hydrogens is 274 g/mol. The number of fused-ring (bicyclic) bond motifs is 3. The van der Waals surface area contributed by atoms with Crippen LogP contribution in [0, 0.1) is 6.92 Å². The lowest BCUT2D eigenvalue weighted by atomic mass is 9.98. The van der Waals surface area contributed by atoms with E-state index in [0.717, 1.165) is 29.2 Å². The third kappa shape index (κ3) is 1.88. The summed E-state index contributed by atoms with van der Waals surface area (Å²) >= 11 is 0. The van der Waals surface area contributed by atoms with Gasteiger partial charge in [0.15, 0.2) is 0 Å². The summed E-state index contributed by atoms with van der Waals surface area (Å²) in [6.07, 6.45) is 1.91. The highest BCUT2D eigenvalue weighted by molar-refractivity contribution is 5.86. The number of anilines is 2. The minimum absolute atomic E-state index is 0.802. The summed E-state index contributed by atoms with van der Waals surface area (Å²) in [5.74, 6) is 0.861. The minimum Gasteiger partial charge on any atom is -0.497 e. The van der Waals surface area contributed by atoms with Gasteiger partial charge in [-0.05, 0) is 30.7 Å².